The van der Waals surface area contributed by atoms with Gasteiger partial charge in [-0.15, -0.1) is 0 Å². The largest absolute Gasteiger partial charge is 0.506 e. The molecule has 0 bridgehead atoms. The van der Waals surface area contributed by atoms with E-state index in [9.17, 15) is 13.9 Å². The fourth-order valence-corrected chi connectivity index (χ4v) is 3.93. The van der Waals surface area contributed by atoms with Crippen LogP contribution in [-0.4, -0.2) is 82.2 Å². The van der Waals surface area contributed by atoms with E-state index >= 15 is 0 Å². The summed E-state index contributed by atoms with van der Waals surface area (Å²) in [6, 6.07) is 2.78. The van der Waals surface area contributed by atoms with Crippen molar-refractivity contribution in [2.45, 2.75) is 6.43 Å². The Kier molecular flexibility index (Phi) is 5.66. The first kappa shape index (κ1) is 21.0. The van der Waals surface area contributed by atoms with Gasteiger partial charge in [-0.05, 0) is 12.1 Å². The van der Waals surface area contributed by atoms with Crippen molar-refractivity contribution in [3.63, 3.8) is 0 Å². The lowest BCUT2D eigenvalue weighted by molar-refractivity contribution is 0.121. The molecular weight excluding hydrogens is 448 g/mol. The van der Waals surface area contributed by atoms with Crippen molar-refractivity contribution in [3.05, 3.63) is 23.0 Å². The van der Waals surface area contributed by atoms with E-state index in [1.807, 2.05) is 9.80 Å². The van der Waals surface area contributed by atoms with E-state index in [1.54, 1.807) is 0 Å². The number of aromatic nitrogens is 5. The number of phenolic OH excluding ortho intramolecular Hbond substituents is 1. The fourth-order valence-electron chi connectivity index (χ4n) is 3.73. The van der Waals surface area contributed by atoms with Crippen LogP contribution in [0.4, 0.5) is 20.7 Å². The van der Waals surface area contributed by atoms with Crippen LogP contribution in [-0.2, 0) is 9.47 Å². The van der Waals surface area contributed by atoms with Gasteiger partial charge >= 0.3 is 0 Å². The van der Waals surface area contributed by atoms with Gasteiger partial charge in [0.1, 0.15) is 16.3 Å². The molecule has 2 aromatic heterocycles. The molecule has 0 unspecified atom stereocenters. The monoisotopic (exact) mass is 467 g/mol. The van der Waals surface area contributed by atoms with Crippen LogP contribution in [0.15, 0.2) is 12.1 Å². The highest BCUT2D eigenvalue weighted by Crippen LogP contribution is 2.35. The molecule has 0 saturated carbocycles. The van der Waals surface area contributed by atoms with Gasteiger partial charge in [0, 0.05) is 26.2 Å². The van der Waals surface area contributed by atoms with Gasteiger partial charge in [-0.2, -0.15) is 15.0 Å². The minimum Gasteiger partial charge on any atom is -0.506 e. The molecule has 1 aromatic carbocycles. The highest BCUT2D eigenvalue weighted by Gasteiger charge is 2.27. The number of benzene rings is 1. The molecule has 2 saturated heterocycles. The molecule has 1 N–H and O–H groups in total. The number of halogens is 3. The Morgan fingerprint density at radius 1 is 0.844 bits per heavy atom. The Bertz CT molecular complexity index is 1100. The second kappa shape index (κ2) is 8.60. The number of phenols is 1. The normalized spacial score (nSPS) is 17.5. The predicted octanol–water partition coefficient (Wildman–Crippen LogP) is 2.18. The van der Waals surface area contributed by atoms with Crippen LogP contribution in [0.25, 0.3) is 17.0 Å². The van der Waals surface area contributed by atoms with Gasteiger partial charge in [0.25, 0.3) is 6.43 Å². The molecule has 0 spiro atoms. The van der Waals surface area contributed by atoms with E-state index in [0.29, 0.717) is 64.5 Å². The predicted molar refractivity (Wildman–Crippen MR) is 112 cm³/mol. The number of hydrogen-bond acceptors (Lipinski definition) is 9. The van der Waals surface area contributed by atoms with Gasteiger partial charge in [-0.1, -0.05) is 11.6 Å². The van der Waals surface area contributed by atoms with Crippen LogP contribution >= 0.6 is 11.6 Å². The van der Waals surface area contributed by atoms with Crippen molar-refractivity contribution in [2.75, 3.05) is 62.4 Å². The molecular formula is C19H20ClF2N7O3. The SMILES string of the molecule is Oc1ccc2c(nc(C(F)F)n2-c2nc(N3CCOCC3)nc(N3CCOCC3)n2)c1Cl. The number of ether oxygens (including phenoxy) is 2. The first-order valence-corrected chi connectivity index (χ1v) is 10.5. The molecule has 4 heterocycles. The lowest BCUT2D eigenvalue weighted by Crippen LogP contribution is -2.40. The number of imidazole rings is 1. The molecule has 10 nitrogen and oxygen atoms in total. The summed E-state index contributed by atoms with van der Waals surface area (Å²) in [6.45, 7) is 4.32. The number of fused-ring (bicyclic) bond motifs is 1. The zero-order valence-electron chi connectivity index (χ0n) is 16.9. The number of alkyl halides is 2. The first-order chi connectivity index (χ1) is 15.5. The van der Waals surface area contributed by atoms with Crippen molar-refractivity contribution in [2.24, 2.45) is 0 Å². The van der Waals surface area contributed by atoms with Gasteiger partial charge in [0.15, 0.2) is 5.82 Å². The smallest absolute Gasteiger partial charge is 0.296 e. The summed E-state index contributed by atoms with van der Waals surface area (Å²) >= 11 is 6.14. The molecule has 0 aliphatic carbocycles. The Labute approximate surface area is 186 Å². The summed E-state index contributed by atoms with van der Waals surface area (Å²) in [5.41, 5.74) is 0.304. The molecule has 170 valence electrons. The Morgan fingerprint density at radius 2 is 1.38 bits per heavy atom. The van der Waals surface area contributed by atoms with Crippen molar-refractivity contribution < 1.29 is 23.4 Å². The summed E-state index contributed by atoms with van der Waals surface area (Å²) in [7, 11) is 0. The van der Waals surface area contributed by atoms with Crippen molar-refractivity contribution in [1.82, 2.24) is 24.5 Å². The Morgan fingerprint density at radius 3 is 1.91 bits per heavy atom. The molecule has 0 radical (unpaired) electrons. The number of aromatic hydroxyl groups is 1. The molecule has 0 atom stereocenters. The molecule has 0 amide bonds. The number of hydrogen-bond donors (Lipinski definition) is 1. The van der Waals surface area contributed by atoms with Gasteiger partial charge in [-0.25, -0.2) is 13.8 Å². The Balaban J connectivity index is 1.70. The second-order valence-corrected chi connectivity index (χ2v) is 7.68. The van der Waals surface area contributed by atoms with E-state index in [0.717, 1.165) is 0 Å². The summed E-state index contributed by atoms with van der Waals surface area (Å²) in [5, 5.41) is 9.80. The minimum absolute atomic E-state index is 0.00235. The summed E-state index contributed by atoms with van der Waals surface area (Å²) in [4.78, 5) is 21.5. The van der Waals surface area contributed by atoms with Gasteiger partial charge in [-0.3, -0.25) is 4.57 Å². The summed E-state index contributed by atoms with van der Waals surface area (Å²) in [6.07, 6.45) is -2.92. The lowest BCUT2D eigenvalue weighted by Gasteiger charge is -2.30. The maximum Gasteiger partial charge on any atom is 0.296 e. The quantitative estimate of drug-likeness (QED) is 0.618. The number of nitrogens with zero attached hydrogens (tertiary/aromatic N) is 7. The summed E-state index contributed by atoms with van der Waals surface area (Å²) in [5.74, 6) is -0.0798. The zero-order chi connectivity index (χ0) is 22.2. The highest BCUT2D eigenvalue weighted by molar-refractivity contribution is 6.36. The average Bonchev–Trinajstić information content (AvgIpc) is 3.23. The number of anilines is 2. The van der Waals surface area contributed by atoms with Crippen molar-refractivity contribution in [1.29, 1.82) is 0 Å². The molecule has 2 aliphatic rings. The van der Waals surface area contributed by atoms with Gasteiger partial charge < -0.3 is 24.4 Å². The summed E-state index contributed by atoms with van der Waals surface area (Å²) < 4.78 is 39.9. The van der Waals surface area contributed by atoms with Crippen LogP contribution in [0.5, 0.6) is 5.75 Å². The van der Waals surface area contributed by atoms with E-state index in [2.05, 4.69) is 19.9 Å². The number of rotatable bonds is 4. The zero-order valence-corrected chi connectivity index (χ0v) is 17.7. The molecule has 3 aromatic rings. The molecule has 5 rings (SSSR count). The fraction of sp³-hybridized carbons (Fsp3) is 0.474. The third-order valence-electron chi connectivity index (χ3n) is 5.35. The van der Waals surface area contributed by atoms with E-state index in [1.165, 1.54) is 16.7 Å². The van der Waals surface area contributed by atoms with Crippen LogP contribution < -0.4 is 9.80 Å². The van der Waals surface area contributed by atoms with Crippen LogP contribution in [0.1, 0.15) is 12.2 Å². The lowest BCUT2D eigenvalue weighted by atomic mass is 10.3. The molecule has 2 aliphatic heterocycles. The van der Waals surface area contributed by atoms with Crippen LogP contribution in [0.2, 0.25) is 5.02 Å². The topological polar surface area (TPSA) is 102 Å². The van der Waals surface area contributed by atoms with E-state index < -0.39 is 12.2 Å². The maximum atomic E-state index is 14.0. The first-order valence-electron chi connectivity index (χ1n) is 10.1. The number of morpholine rings is 2. The van der Waals surface area contributed by atoms with Crippen molar-refractivity contribution in [3.8, 4) is 11.7 Å². The van der Waals surface area contributed by atoms with Crippen molar-refractivity contribution >= 4 is 34.5 Å². The molecule has 32 heavy (non-hydrogen) atoms. The minimum atomic E-state index is -2.92. The van der Waals surface area contributed by atoms with E-state index in [-0.39, 0.29) is 27.8 Å². The van der Waals surface area contributed by atoms with Gasteiger partial charge in [0.2, 0.25) is 17.8 Å². The third-order valence-corrected chi connectivity index (χ3v) is 5.73. The highest BCUT2D eigenvalue weighted by atomic mass is 35.5. The molecule has 13 heteroatoms. The van der Waals surface area contributed by atoms with E-state index in [4.69, 9.17) is 21.1 Å². The maximum absolute atomic E-state index is 14.0. The third kappa shape index (κ3) is 3.78. The van der Waals surface area contributed by atoms with Gasteiger partial charge in [0.05, 0.1) is 31.9 Å². The van der Waals surface area contributed by atoms with Crippen LogP contribution in [0.3, 0.4) is 0 Å². The van der Waals surface area contributed by atoms with Crippen LogP contribution in [0, 0.1) is 0 Å². The average molecular weight is 468 g/mol. The Hall–Kier alpha value is -2.83. The second-order valence-electron chi connectivity index (χ2n) is 7.31. The standard InChI is InChI=1S/C19H20ClF2N7O3/c20-13-12(30)2-1-11-14(13)23-16(15(21)22)29(11)19-25-17(27-3-7-31-8-4-27)24-18(26-19)28-5-9-32-10-6-28/h1-2,15,30H,3-10H2. The molecule has 2 fully saturated rings.